The molecule has 94 valence electrons. The summed E-state index contributed by atoms with van der Waals surface area (Å²) in [5.41, 5.74) is 2.01. The number of hydrogen-bond donors (Lipinski definition) is 1. The van der Waals surface area contributed by atoms with E-state index in [0.717, 1.165) is 22.5 Å². The van der Waals surface area contributed by atoms with Crippen LogP contribution in [-0.4, -0.2) is 11.6 Å². The molecule has 0 amide bonds. The largest absolute Gasteiger partial charge is 0.491 e. The second-order valence-corrected chi connectivity index (χ2v) is 4.54. The molecule has 4 heteroatoms. The Morgan fingerprint density at radius 1 is 1.16 bits per heavy atom. The number of benzene rings is 1. The summed E-state index contributed by atoms with van der Waals surface area (Å²) in [5.74, 6) is 1.77. The number of ether oxygens (including phenoxy) is 1. The van der Waals surface area contributed by atoms with Crippen molar-refractivity contribution in [3.05, 3.63) is 54.4 Å². The third-order valence-corrected chi connectivity index (χ3v) is 3.39. The highest BCUT2D eigenvalue weighted by atomic mass is 16.5. The number of nitrogens with one attached hydrogen (secondary N) is 1. The molecule has 1 aromatic carbocycles. The van der Waals surface area contributed by atoms with Crippen LogP contribution >= 0.6 is 0 Å². The van der Waals surface area contributed by atoms with Crippen molar-refractivity contribution in [3.63, 3.8) is 0 Å². The van der Waals surface area contributed by atoms with Gasteiger partial charge in [0.05, 0.1) is 17.7 Å². The van der Waals surface area contributed by atoms with E-state index in [1.54, 1.807) is 12.5 Å². The molecule has 2 aromatic heterocycles. The zero-order valence-corrected chi connectivity index (χ0v) is 10.2. The molecular formula is C15H12N2O2. The van der Waals surface area contributed by atoms with E-state index in [0.29, 0.717) is 6.61 Å². The lowest BCUT2D eigenvalue weighted by Gasteiger charge is -2.12. The molecule has 1 aliphatic heterocycles. The van der Waals surface area contributed by atoms with E-state index in [-0.39, 0.29) is 6.04 Å². The van der Waals surface area contributed by atoms with Crippen LogP contribution in [-0.2, 0) is 0 Å². The molecule has 0 bridgehead atoms. The Bertz CT molecular complexity index is 736. The minimum absolute atomic E-state index is 0.129. The molecule has 1 atom stereocenters. The highest BCUT2D eigenvalue weighted by Gasteiger charge is 2.24. The van der Waals surface area contributed by atoms with E-state index in [9.17, 15) is 0 Å². The van der Waals surface area contributed by atoms with Gasteiger partial charge in [-0.25, -0.2) is 4.98 Å². The molecule has 3 aromatic rings. The van der Waals surface area contributed by atoms with Crippen molar-refractivity contribution in [3.8, 4) is 5.75 Å². The van der Waals surface area contributed by atoms with E-state index in [1.807, 2.05) is 30.3 Å². The number of nitrogens with zero attached hydrogens (tertiary/aromatic N) is 1. The zero-order valence-electron chi connectivity index (χ0n) is 10.2. The Kier molecular flexibility index (Phi) is 2.21. The van der Waals surface area contributed by atoms with Crippen LogP contribution < -0.4 is 10.1 Å². The first-order valence-corrected chi connectivity index (χ1v) is 6.22. The molecule has 3 heterocycles. The second-order valence-electron chi connectivity index (χ2n) is 4.54. The van der Waals surface area contributed by atoms with Gasteiger partial charge in [0, 0.05) is 11.8 Å². The quantitative estimate of drug-likeness (QED) is 0.759. The maximum atomic E-state index is 5.66. The maximum absolute atomic E-state index is 5.66. The van der Waals surface area contributed by atoms with Crippen LogP contribution in [0.25, 0.3) is 11.0 Å². The first kappa shape index (κ1) is 10.4. The zero-order chi connectivity index (χ0) is 12.7. The lowest BCUT2D eigenvalue weighted by Crippen LogP contribution is -2.12. The van der Waals surface area contributed by atoms with E-state index >= 15 is 0 Å². The van der Waals surface area contributed by atoms with E-state index in [2.05, 4.69) is 16.4 Å². The van der Waals surface area contributed by atoms with Gasteiger partial charge in [-0.05, 0) is 18.2 Å². The minimum Gasteiger partial charge on any atom is -0.491 e. The van der Waals surface area contributed by atoms with Gasteiger partial charge >= 0.3 is 0 Å². The number of aromatic nitrogens is 1. The van der Waals surface area contributed by atoms with Crippen molar-refractivity contribution in [2.75, 3.05) is 11.9 Å². The number of anilines is 1. The third-order valence-electron chi connectivity index (χ3n) is 3.39. The highest BCUT2D eigenvalue weighted by molar-refractivity contribution is 5.88. The standard InChI is InChI=1S/C15H12N2O2/c1-2-4-13-10(3-1)12(9-19-13)17-15-11-6-8-18-14(11)5-7-16-15/h1-8,12H,9H2,(H,16,17). The van der Waals surface area contributed by atoms with Crippen molar-refractivity contribution < 1.29 is 9.15 Å². The van der Waals surface area contributed by atoms with Gasteiger partial charge in [-0.1, -0.05) is 18.2 Å². The number of hydrogen-bond acceptors (Lipinski definition) is 4. The van der Waals surface area contributed by atoms with Gasteiger partial charge in [0.15, 0.2) is 0 Å². The SMILES string of the molecule is c1ccc2c(c1)OCC2Nc1nccc2occc12. The van der Waals surface area contributed by atoms with Crippen LogP contribution in [0.15, 0.2) is 53.3 Å². The highest BCUT2D eigenvalue weighted by Crippen LogP contribution is 2.35. The fourth-order valence-corrected chi connectivity index (χ4v) is 2.46. The fourth-order valence-electron chi connectivity index (χ4n) is 2.46. The van der Waals surface area contributed by atoms with E-state index < -0.39 is 0 Å². The van der Waals surface area contributed by atoms with Crippen molar-refractivity contribution in [2.45, 2.75) is 6.04 Å². The smallest absolute Gasteiger partial charge is 0.139 e. The molecule has 0 saturated heterocycles. The molecule has 0 aliphatic carbocycles. The molecule has 4 rings (SSSR count). The molecule has 0 radical (unpaired) electrons. The van der Waals surface area contributed by atoms with Crippen molar-refractivity contribution in [1.29, 1.82) is 0 Å². The van der Waals surface area contributed by atoms with Gasteiger partial charge in [-0.3, -0.25) is 0 Å². The summed E-state index contributed by atoms with van der Waals surface area (Å²) >= 11 is 0. The lowest BCUT2D eigenvalue weighted by molar-refractivity contribution is 0.339. The summed E-state index contributed by atoms with van der Waals surface area (Å²) < 4.78 is 11.0. The summed E-state index contributed by atoms with van der Waals surface area (Å²) in [5, 5.41) is 4.42. The number of furan rings is 1. The average molecular weight is 252 g/mol. The Hall–Kier alpha value is -2.49. The fraction of sp³-hybridized carbons (Fsp3) is 0.133. The molecule has 1 aliphatic rings. The van der Waals surface area contributed by atoms with Gasteiger partial charge < -0.3 is 14.5 Å². The van der Waals surface area contributed by atoms with Crippen molar-refractivity contribution in [1.82, 2.24) is 4.98 Å². The van der Waals surface area contributed by atoms with Crippen molar-refractivity contribution >= 4 is 16.8 Å². The van der Waals surface area contributed by atoms with Crippen LogP contribution in [0.3, 0.4) is 0 Å². The Labute approximate surface area is 110 Å². The summed E-state index contributed by atoms with van der Waals surface area (Å²) in [4.78, 5) is 4.39. The molecule has 19 heavy (non-hydrogen) atoms. The molecular weight excluding hydrogens is 240 g/mol. The van der Waals surface area contributed by atoms with Gasteiger partial charge in [-0.2, -0.15) is 0 Å². The van der Waals surface area contributed by atoms with Crippen LogP contribution in [0.2, 0.25) is 0 Å². The van der Waals surface area contributed by atoms with Crippen LogP contribution in [0.1, 0.15) is 11.6 Å². The van der Waals surface area contributed by atoms with E-state index in [4.69, 9.17) is 9.15 Å². The monoisotopic (exact) mass is 252 g/mol. The molecule has 0 saturated carbocycles. The van der Waals surface area contributed by atoms with Crippen LogP contribution in [0.5, 0.6) is 5.75 Å². The molecule has 4 nitrogen and oxygen atoms in total. The minimum atomic E-state index is 0.129. The molecule has 0 fully saturated rings. The maximum Gasteiger partial charge on any atom is 0.139 e. The first-order chi connectivity index (χ1) is 9.42. The molecule has 0 spiro atoms. The van der Waals surface area contributed by atoms with Gasteiger partial charge in [0.1, 0.15) is 23.8 Å². The number of fused-ring (bicyclic) bond motifs is 2. The Morgan fingerprint density at radius 2 is 2.11 bits per heavy atom. The summed E-state index contributed by atoms with van der Waals surface area (Å²) in [7, 11) is 0. The number of pyridine rings is 1. The van der Waals surface area contributed by atoms with Gasteiger partial charge in [0.2, 0.25) is 0 Å². The predicted octanol–water partition coefficient (Wildman–Crippen LogP) is 3.37. The molecule has 1 N–H and O–H groups in total. The normalized spacial score (nSPS) is 17.2. The van der Waals surface area contributed by atoms with E-state index in [1.165, 1.54) is 5.56 Å². The topological polar surface area (TPSA) is 47.3 Å². The van der Waals surface area contributed by atoms with Gasteiger partial charge in [-0.15, -0.1) is 0 Å². The summed E-state index contributed by atoms with van der Waals surface area (Å²) in [6.45, 7) is 0.620. The van der Waals surface area contributed by atoms with Crippen molar-refractivity contribution in [2.24, 2.45) is 0 Å². The number of rotatable bonds is 2. The first-order valence-electron chi connectivity index (χ1n) is 6.22. The Morgan fingerprint density at radius 3 is 3.11 bits per heavy atom. The van der Waals surface area contributed by atoms with Gasteiger partial charge in [0.25, 0.3) is 0 Å². The summed E-state index contributed by atoms with van der Waals surface area (Å²) in [6.07, 6.45) is 3.42. The summed E-state index contributed by atoms with van der Waals surface area (Å²) in [6, 6.07) is 12.0. The lowest BCUT2D eigenvalue weighted by atomic mass is 10.1. The molecule has 1 unspecified atom stereocenters. The Balaban J connectivity index is 1.71. The number of para-hydroxylation sites is 1. The third kappa shape index (κ3) is 1.64. The van der Waals surface area contributed by atoms with Crippen LogP contribution in [0.4, 0.5) is 5.82 Å². The average Bonchev–Trinajstić information content (AvgIpc) is 3.06. The van der Waals surface area contributed by atoms with Crippen LogP contribution in [0, 0.1) is 0 Å². The predicted molar refractivity (Wildman–Crippen MR) is 72.3 cm³/mol. The second kappa shape index (κ2) is 4.02.